The van der Waals surface area contributed by atoms with Gasteiger partial charge in [0.2, 0.25) is 0 Å². The van der Waals surface area contributed by atoms with Gasteiger partial charge in [0, 0.05) is 18.7 Å². The van der Waals surface area contributed by atoms with Crippen molar-refractivity contribution in [1.82, 2.24) is 4.90 Å². The minimum Gasteiger partial charge on any atom is -0.379 e. The zero-order valence-corrected chi connectivity index (χ0v) is 13.1. The Morgan fingerprint density at radius 1 is 1.19 bits per heavy atom. The van der Waals surface area contributed by atoms with Crippen LogP contribution < -0.4 is 0 Å². The molecule has 1 saturated carbocycles. The number of morpholine rings is 1. The van der Waals surface area contributed by atoms with E-state index in [1.165, 1.54) is 24.8 Å². The summed E-state index contributed by atoms with van der Waals surface area (Å²) in [5.74, 6) is 0.845. The number of ether oxygens (including phenoxy) is 1. The summed E-state index contributed by atoms with van der Waals surface area (Å²) in [4.78, 5) is 15.4. The van der Waals surface area contributed by atoms with Crippen molar-refractivity contribution >= 4 is 5.78 Å². The van der Waals surface area contributed by atoms with Crippen molar-refractivity contribution in [2.24, 2.45) is 0 Å². The van der Waals surface area contributed by atoms with E-state index in [1.807, 2.05) is 12.1 Å². The minimum atomic E-state index is -0.455. The van der Waals surface area contributed by atoms with E-state index in [-0.39, 0.29) is 5.78 Å². The Morgan fingerprint density at radius 2 is 1.86 bits per heavy atom. The van der Waals surface area contributed by atoms with Crippen LogP contribution in [0, 0.1) is 0 Å². The first kappa shape index (κ1) is 14.7. The van der Waals surface area contributed by atoms with Gasteiger partial charge in [-0.05, 0) is 38.2 Å². The first-order chi connectivity index (χ1) is 10.1. The van der Waals surface area contributed by atoms with Crippen LogP contribution in [0.3, 0.4) is 0 Å². The van der Waals surface area contributed by atoms with Crippen molar-refractivity contribution in [3.05, 3.63) is 35.4 Å². The summed E-state index contributed by atoms with van der Waals surface area (Å²) >= 11 is 0. The van der Waals surface area contributed by atoms with Gasteiger partial charge >= 0.3 is 0 Å². The molecule has 3 nitrogen and oxygen atoms in total. The molecule has 0 aromatic heterocycles. The number of nitrogens with zero attached hydrogens (tertiary/aromatic N) is 1. The molecule has 0 N–H and O–H groups in total. The molecule has 3 rings (SSSR count). The van der Waals surface area contributed by atoms with Gasteiger partial charge in [-0.25, -0.2) is 0 Å². The van der Waals surface area contributed by atoms with E-state index in [1.54, 1.807) is 0 Å². The predicted molar refractivity (Wildman–Crippen MR) is 83.8 cm³/mol. The fourth-order valence-electron chi connectivity index (χ4n) is 3.37. The molecule has 1 aromatic carbocycles. The van der Waals surface area contributed by atoms with Crippen LogP contribution in [0.2, 0.25) is 0 Å². The monoisotopic (exact) mass is 287 g/mol. The third kappa shape index (κ3) is 2.77. The molecule has 0 amide bonds. The van der Waals surface area contributed by atoms with Crippen LogP contribution in [0.15, 0.2) is 24.3 Å². The summed E-state index contributed by atoms with van der Waals surface area (Å²) in [6.45, 7) is 7.23. The lowest BCUT2D eigenvalue weighted by Gasteiger charge is -2.40. The maximum Gasteiger partial charge on any atom is 0.182 e. The highest BCUT2D eigenvalue weighted by atomic mass is 16.5. The highest BCUT2D eigenvalue weighted by molar-refractivity contribution is 6.04. The summed E-state index contributed by atoms with van der Waals surface area (Å²) in [6, 6.07) is 8.21. The van der Waals surface area contributed by atoms with Crippen molar-refractivity contribution in [1.29, 1.82) is 0 Å². The summed E-state index contributed by atoms with van der Waals surface area (Å²) in [5, 5.41) is 0. The molecule has 2 fully saturated rings. The number of hydrogen-bond acceptors (Lipinski definition) is 3. The molecule has 2 aliphatic rings. The Balaban J connectivity index is 1.86. The maximum absolute atomic E-state index is 13.1. The number of carbonyl (C=O) groups excluding carboxylic acids is 1. The number of benzene rings is 1. The first-order valence-electron chi connectivity index (χ1n) is 8.07. The van der Waals surface area contributed by atoms with Crippen LogP contribution in [0.25, 0.3) is 0 Å². The lowest BCUT2D eigenvalue weighted by molar-refractivity contribution is -0.00436. The zero-order chi connectivity index (χ0) is 14.9. The van der Waals surface area contributed by atoms with E-state index in [0.29, 0.717) is 5.92 Å². The summed E-state index contributed by atoms with van der Waals surface area (Å²) in [7, 11) is 0. The molecule has 0 bridgehead atoms. The Kier molecular flexibility index (Phi) is 4.14. The van der Waals surface area contributed by atoms with Crippen LogP contribution >= 0.6 is 0 Å². The summed E-state index contributed by atoms with van der Waals surface area (Å²) < 4.78 is 5.42. The molecule has 0 unspecified atom stereocenters. The fraction of sp³-hybridized carbons (Fsp3) is 0.611. The molecular weight excluding hydrogens is 262 g/mol. The Bertz CT molecular complexity index is 514. The van der Waals surface area contributed by atoms with E-state index in [4.69, 9.17) is 4.74 Å². The van der Waals surface area contributed by atoms with Gasteiger partial charge in [0.15, 0.2) is 5.78 Å². The molecule has 0 radical (unpaired) electrons. The average Bonchev–Trinajstić information content (AvgIpc) is 2.46. The van der Waals surface area contributed by atoms with E-state index in [0.717, 1.165) is 31.9 Å². The van der Waals surface area contributed by atoms with E-state index in [2.05, 4.69) is 30.9 Å². The second-order valence-corrected chi connectivity index (χ2v) is 6.70. The fourth-order valence-corrected chi connectivity index (χ4v) is 3.37. The summed E-state index contributed by atoms with van der Waals surface area (Å²) in [6.07, 6.45) is 3.74. The van der Waals surface area contributed by atoms with Gasteiger partial charge in [0.25, 0.3) is 0 Å². The molecule has 1 saturated heterocycles. The van der Waals surface area contributed by atoms with Gasteiger partial charge in [-0.1, -0.05) is 30.7 Å². The maximum atomic E-state index is 13.1. The Morgan fingerprint density at radius 3 is 2.48 bits per heavy atom. The molecular formula is C18H25NO2. The molecule has 1 aromatic rings. The van der Waals surface area contributed by atoms with Crippen molar-refractivity contribution in [3.63, 3.8) is 0 Å². The molecule has 21 heavy (non-hydrogen) atoms. The topological polar surface area (TPSA) is 29.5 Å². The zero-order valence-electron chi connectivity index (χ0n) is 13.1. The lowest BCUT2D eigenvalue weighted by Crippen LogP contribution is -2.54. The van der Waals surface area contributed by atoms with Crippen molar-refractivity contribution < 1.29 is 9.53 Å². The number of ketones is 1. The first-order valence-corrected chi connectivity index (χ1v) is 8.07. The smallest absolute Gasteiger partial charge is 0.182 e. The molecule has 0 spiro atoms. The second kappa shape index (κ2) is 5.90. The number of carbonyl (C=O) groups is 1. The largest absolute Gasteiger partial charge is 0.379 e. The normalized spacial score (nSPS) is 21.0. The third-order valence-electron chi connectivity index (χ3n) is 5.11. The highest BCUT2D eigenvalue weighted by Gasteiger charge is 2.37. The number of hydrogen-bond donors (Lipinski definition) is 0. The molecule has 1 aliphatic heterocycles. The van der Waals surface area contributed by atoms with E-state index >= 15 is 0 Å². The SMILES string of the molecule is CC(C)(C(=O)c1ccccc1C1CCC1)N1CCOCC1. The highest BCUT2D eigenvalue weighted by Crippen LogP contribution is 2.39. The van der Waals surface area contributed by atoms with Gasteiger partial charge in [0.05, 0.1) is 18.8 Å². The molecule has 1 aliphatic carbocycles. The average molecular weight is 287 g/mol. The molecule has 1 heterocycles. The van der Waals surface area contributed by atoms with E-state index in [9.17, 15) is 4.79 Å². The van der Waals surface area contributed by atoms with Crippen LogP contribution in [0.5, 0.6) is 0 Å². The minimum absolute atomic E-state index is 0.256. The van der Waals surface area contributed by atoms with Gasteiger partial charge in [-0.15, -0.1) is 0 Å². The van der Waals surface area contributed by atoms with Crippen LogP contribution in [-0.4, -0.2) is 42.5 Å². The number of Topliss-reactive ketones (excluding diaryl/α,β-unsaturated/α-hetero) is 1. The van der Waals surface area contributed by atoms with Crippen molar-refractivity contribution in [2.75, 3.05) is 26.3 Å². The summed E-state index contributed by atoms with van der Waals surface area (Å²) in [5.41, 5.74) is 1.73. The van der Waals surface area contributed by atoms with Gasteiger partial charge < -0.3 is 4.74 Å². The molecule has 3 heteroatoms. The van der Waals surface area contributed by atoms with Crippen molar-refractivity contribution in [3.8, 4) is 0 Å². The quantitative estimate of drug-likeness (QED) is 0.796. The third-order valence-corrected chi connectivity index (χ3v) is 5.11. The van der Waals surface area contributed by atoms with Crippen molar-refractivity contribution in [2.45, 2.75) is 44.6 Å². The van der Waals surface area contributed by atoms with Crippen LogP contribution in [0.4, 0.5) is 0 Å². The van der Waals surface area contributed by atoms with E-state index < -0.39 is 5.54 Å². The van der Waals surface area contributed by atoms with Crippen LogP contribution in [-0.2, 0) is 4.74 Å². The van der Waals surface area contributed by atoms with Crippen LogP contribution in [0.1, 0.15) is 54.9 Å². The Hall–Kier alpha value is -1.19. The number of rotatable bonds is 4. The molecule has 114 valence electrons. The predicted octanol–water partition coefficient (Wildman–Crippen LogP) is 3.25. The van der Waals surface area contributed by atoms with Gasteiger partial charge in [0.1, 0.15) is 0 Å². The lowest BCUT2D eigenvalue weighted by atomic mass is 9.76. The molecule has 0 atom stereocenters. The van der Waals surface area contributed by atoms with Gasteiger partial charge in [-0.3, -0.25) is 9.69 Å². The van der Waals surface area contributed by atoms with Gasteiger partial charge in [-0.2, -0.15) is 0 Å². The standard InChI is InChI=1S/C18H25NO2/c1-18(2,19-10-12-21-13-11-19)17(20)16-9-4-3-8-15(16)14-6-5-7-14/h3-4,8-9,14H,5-7,10-13H2,1-2H3. The second-order valence-electron chi connectivity index (χ2n) is 6.70. The Labute approximate surface area is 127 Å².